The molecule has 1 aromatic carbocycles. The number of carbonyl (C=O) groups excluding carboxylic acids is 2. The number of amides is 2. The third-order valence-corrected chi connectivity index (χ3v) is 3.97. The summed E-state index contributed by atoms with van der Waals surface area (Å²) >= 11 is 0. The first kappa shape index (κ1) is 19.9. The maximum Gasteiger partial charge on any atom is 0.270 e. The SMILES string of the molecule is CC(NC(=O)c1cccc([N+](=O)[O-])c1)C(=O)N1CCCC1CN.Cl. The van der Waals surface area contributed by atoms with Crippen molar-refractivity contribution in [3.63, 3.8) is 0 Å². The van der Waals surface area contributed by atoms with Gasteiger partial charge in [0.15, 0.2) is 0 Å². The van der Waals surface area contributed by atoms with E-state index in [-0.39, 0.29) is 35.6 Å². The van der Waals surface area contributed by atoms with E-state index < -0.39 is 16.9 Å². The summed E-state index contributed by atoms with van der Waals surface area (Å²) in [6, 6.07) is 4.70. The predicted molar refractivity (Wildman–Crippen MR) is 91.1 cm³/mol. The molecule has 1 fully saturated rings. The molecule has 1 saturated heterocycles. The number of halogens is 1. The Morgan fingerprint density at radius 3 is 2.83 bits per heavy atom. The molecule has 2 amide bonds. The minimum Gasteiger partial charge on any atom is -0.341 e. The highest BCUT2D eigenvalue weighted by molar-refractivity contribution is 5.97. The molecular weight excluding hydrogens is 336 g/mol. The van der Waals surface area contributed by atoms with Crippen molar-refractivity contribution in [2.75, 3.05) is 13.1 Å². The highest BCUT2D eigenvalue weighted by Gasteiger charge is 2.31. The van der Waals surface area contributed by atoms with Crippen molar-refractivity contribution < 1.29 is 14.5 Å². The van der Waals surface area contributed by atoms with Crippen LogP contribution in [0.25, 0.3) is 0 Å². The molecule has 0 aromatic heterocycles. The van der Waals surface area contributed by atoms with Crippen LogP contribution in [0.4, 0.5) is 5.69 Å². The first-order valence-electron chi connectivity index (χ1n) is 7.50. The molecule has 0 radical (unpaired) electrons. The van der Waals surface area contributed by atoms with Crippen LogP contribution in [0.1, 0.15) is 30.1 Å². The van der Waals surface area contributed by atoms with Crippen LogP contribution < -0.4 is 11.1 Å². The van der Waals surface area contributed by atoms with Crippen LogP contribution in [-0.4, -0.2) is 46.8 Å². The van der Waals surface area contributed by atoms with Gasteiger partial charge in [-0.05, 0) is 25.8 Å². The van der Waals surface area contributed by atoms with Crippen LogP contribution in [-0.2, 0) is 4.79 Å². The summed E-state index contributed by atoms with van der Waals surface area (Å²) in [5, 5.41) is 13.3. The first-order valence-corrected chi connectivity index (χ1v) is 7.50. The second-order valence-electron chi connectivity index (χ2n) is 5.57. The number of nitrogens with one attached hydrogen (secondary N) is 1. The van der Waals surface area contributed by atoms with Gasteiger partial charge in [0.05, 0.1) is 4.92 Å². The number of benzene rings is 1. The molecule has 0 bridgehead atoms. The molecule has 0 saturated carbocycles. The molecule has 0 aliphatic carbocycles. The fraction of sp³-hybridized carbons (Fsp3) is 0.467. The maximum absolute atomic E-state index is 12.4. The highest BCUT2D eigenvalue weighted by Crippen LogP contribution is 2.17. The summed E-state index contributed by atoms with van der Waals surface area (Å²) in [6.45, 7) is 2.64. The van der Waals surface area contributed by atoms with E-state index in [0.29, 0.717) is 13.1 Å². The summed E-state index contributed by atoms with van der Waals surface area (Å²) in [5.74, 6) is -0.699. The van der Waals surface area contributed by atoms with Gasteiger partial charge in [0, 0.05) is 36.8 Å². The lowest BCUT2D eigenvalue weighted by Crippen LogP contribution is -2.50. The van der Waals surface area contributed by atoms with Crippen LogP contribution in [0.15, 0.2) is 24.3 Å². The number of likely N-dealkylation sites (tertiary alicyclic amines) is 1. The molecule has 2 unspecified atom stereocenters. The second kappa shape index (κ2) is 8.60. The number of nitro benzene ring substituents is 1. The molecule has 1 aliphatic rings. The van der Waals surface area contributed by atoms with Gasteiger partial charge in [0.25, 0.3) is 11.6 Å². The van der Waals surface area contributed by atoms with E-state index in [1.54, 1.807) is 11.8 Å². The largest absolute Gasteiger partial charge is 0.341 e. The number of nitrogens with zero attached hydrogens (tertiary/aromatic N) is 2. The molecule has 9 heteroatoms. The number of hydrogen-bond acceptors (Lipinski definition) is 5. The highest BCUT2D eigenvalue weighted by atomic mass is 35.5. The quantitative estimate of drug-likeness (QED) is 0.604. The average Bonchev–Trinajstić information content (AvgIpc) is 3.02. The van der Waals surface area contributed by atoms with Crippen molar-refractivity contribution in [3.8, 4) is 0 Å². The Hall–Kier alpha value is -2.19. The molecule has 1 heterocycles. The predicted octanol–water partition coefficient (Wildman–Crippen LogP) is 1.08. The lowest BCUT2D eigenvalue weighted by Gasteiger charge is -2.27. The van der Waals surface area contributed by atoms with E-state index in [1.807, 2.05) is 0 Å². The maximum atomic E-state index is 12.4. The van der Waals surface area contributed by atoms with Crippen LogP contribution in [0, 0.1) is 10.1 Å². The van der Waals surface area contributed by atoms with Crippen molar-refractivity contribution in [2.45, 2.75) is 31.8 Å². The Kier molecular flexibility index (Phi) is 7.12. The zero-order chi connectivity index (χ0) is 17.0. The topological polar surface area (TPSA) is 119 Å². The van der Waals surface area contributed by atoms with Crippen LogP contribution in [0.2, 0.25) is 0 Å². The van der Waals surface area contributed by atoms with E-state index in [2.05, 4.69) is 5.32 Å². The smallest absolute Gasteiger partial charge is 0.270 e. The van der Waals surface area contributed by atoms with Gasteiger partial charge in [-0.3, -0.25) is 19.7 Å². The molecule has 8 nitrogen and oxygen atoms in total. The molecule has 3 N–H and O–H groups in total. The standard InChI is InChI=1S/C15H20N4O4.ClH/c1-10(15(21)18-7-3-6-13(18)9-16)17-14(20)11-4-2-5-12(8-11)19(22)23;/h2,4-5,8,10,13H,3,6-7,9,16H2,1H3,(H,17,20);1H. The minimum atomic E-state index is -0.714. The molecule has 0 spiro atoms. The van der Waals surface area contributed by atoms with Gasteiger partial charge in [-0.1, -0.05) is 6.07 Å². The molecular formula is C15H21ClN4O4. The van der Waals surface area contributed by atoms with Gasteiger partial charge in [-0.25, -0.2) is 0 Å². The van der Waals surface area contributed by atoms with Gasteiger partial charge in [-0.2, -0.15) is 0 Å². The van der Waals surface area contributed by atoms with Crippen LogP contribution in [0.5, 0.6) is 0 Å². The number of hydrogen-bond donors (Lipinski definition) is 2. The molecule has 1 aliphatic heterocycles. The fourth-order valence-corrected chi connectivity index (χ4v) is 2.72. The van der Waals surface area contributed by atoms with Gasteiger partial charge in [0.2, 0.25) is 5.91 Å². The lowest BCUT2D eigenvalue weighted by molar-refractivity contribution is -0.384. The van der Waals surface area contributed by atoms with Gasteiger partial charge < -0.3 is 16.0 Å². The van der Waals surface area contributed by atoms with Crippen molar-refractivity contribution in [2.24, 2.45) is 5.73 Å². The molecule has 132 valence electrons. The molecule has 2 rings (SSSR count). The summed E-state index contributed by atoms with van der Waals surface area (Å²) in [5.41, 5.74) is 5.64. The van der Waals surface area contributed by atoms with Crippen molar-refractivity contribution in [3.05, 3.63) is 39.9 Å². The Bertz CT molecular complexity index is 625. The van der Waals surface area contributed by atoms with E-state index in [9.17, 15) is 19.7 Å². The molecule has 24 heavy (non-hydrogen) atoms. The summed E-state index contributed by atoms with van der Waals surface area (Å²) in [7, 11) is 0. The number of nitrogens with two attached hydrogens (primary N) is 1. The van der Waals surface area contributed by atoms with Crippen molar-refractivity contribution in [1.29, 1.82) is 0 Å². The Morgan fingerprint density at radius 1 is 1.50 bits per heavy atom. The summed E-state index contributed by atoms with van der Waals surface area (Å²) < 4.78 is 0. The number of non-ortho nitro benzene ring substituents is 1. The summed E-state index contributed by atoms with van der Waals surface area (Å²) in [6.07, 6.45) is 1.77. The number of carbonyl (C=O) groups is 2. The summed E-state index contributed by atoms with van der Waals surface area (Å²) in [4.78, 5) is 36.5. The van der Waals surface area contributed by atoms with Crippen LogP contribution >= 0.6 is 12.4 Å². The normalized spacial score (nSPS) is 17.8. The average molecular weight is 357 g/mol. The van der Waals surface area contributed by atoms with E-state index in [1.165, 1.54) is 24.3 Å². The van der Waals surface area contributed by atoms with E-state index >= 15 is 0 Å². The fourth-order valence-electron chi connectivity index (χ4n) is 2.72. The van der Waals surface area contributed by atoms with Gasteiger partial charge in [-0.15, -0.1) is 12.4 Å². The zero-order valence-corrected chi connectivity index (χ0v) is 14.1. The number of rotatable bonds is 5. The Labute approximate surface area is 145 Å². The van der Waals surface area contributed by atoms with Gasteiger partial charge in [0.1, 0.15) is 6.04 Å². The number of nitro groups is 1. The minimum absolute atomic E-state index is 0. The van der Waals surface area contributed by atoms with Crippen LogP contribution in [0.3, 0.4) is 0 Å². The Balaban J connectivity index is 0.00000288. The first-order chi connectivity index (χ1) is 10.9. The van der Waals surface area contributed by atoms with E-state index in [0.717, 1.165) is 12.8 Å². The zero-order valence-electron chi connectivity index (χ0n) is 13.3. The second-order valence-corrected chi connectivity index (χ2v) is 5.57. The molecule has 1 aromatic rings. The molecule has 2 atom stereocenters. The van der Waals surface area contributed by atoms with Crippen molar-refractivity contribution >= 4 is 29.9 Å². The van der Waals surface area contributed by atoms with Crippen molar-refractivity contribution in [1.82, 2.24) is 10.2 Å². The van der Waals surface area contributed by atoms with E-state index in [4.69, 9.17) is 5.73 Å². The van der Waals surface area contributed by atoms with Gasteiger partial charge >= 0.3 is 0 Å². The third kappa shape index (κ3) is 4.42. The Morgan fingerprint density at radius 2 is 2.21 bits per heavy atom. The third-order valence-electron chi connectivity index (χ3n) is 3.97. The lowest BCUT2D eigenvalue weighted by atomic mass is 10.1. The monoisotopic (exact) mass is 356 g/mol.